The van der Waals surface area contributed by atoms with Gasteiger partial charge < -0.3 is 19.7 Å². The molecule has 1 amide bonds. The molecule has 122 valence electrons. The Balaban J connectivity index is 1.94. The molecule has 2 rings (SSSR count). The summed E-state index contributed by atoms with van der Waals surface area (Å²) in [6.45, 7) is 7.08. The lowest BCUT2D eigenvalue weighted by Crippen LogP contribution is -2.46. The van der Waals surface area contributed by atoms with E-state index in [1.165, 1.54) is 0 Å². The predicted octanol–water partition coefficient (Wildman–Crippen LogP) is 3.51. The van der Waals surface area contributed by atoms with Gasteiger partial charge in [0.1, 0.15) is 11.4 Å². The summed E-state index contributed by atoms with van der Waals surface area (Å²) in [6, 6.07) is 8.07. The maximum absolute atomic E-state index is 12.2. The number of nitrogens with one attached hydrogen (secondary N) is 1. The monoisotopic (exact) mass is 306 g/mol. The first-order chi connectivity index (χ1) is 10.4. The Morgan fingerprint density at radius 2 is 2.14 bits per heavy atom. The Morgan fingerprint density at radius 1 is 1.36 bits per heavy atom. The van der Waals surface area contributed by atoms with Gasteiger partial charge in [0.2, 0.25) is 0 Å². The first-order valence-electron chi connectivity index (χ1n) is 7.76. The van der Waals surface area contributed by atoms with Crippen molar-refractivity contribution in [3.8, 4) is 5.75 Å². The van der Waals surface area contributed by atoms with Gasteiger partial charge in [-0.25, -0.2) is 4.79 Å². The molecule has 1 heterocycles. The average Bonchev–Trinajstić information content (AvgIpc) is 2.46. The van der Waals surface area contributed by atoms with Crippen molar-refractivity contribution >= 4 is 11.8 Å². The van der Waals surface area contributed by atoms with Gasteiger partial charge in [0.25, 0.3) is 0 Å². The molecule has 0 bridgehead atoms. The van der Waals surface area contributed by atoms with Gasteiger partial charge in [-0.1, -0.05) is 6.07 Å². The van der Waals surface area contributed by atoms with Crippen molar-refractivity contribution in [1.82, 2.24) is 4.90 Å². The molecule has 1 N–H and O–H groups in total. The summed E-state index contributed by atoms with van der Waals surface area (Å²) in [4.78, 5) is 14.0. The zero-order valence-electron chi connectivity index (χ0n) is 13.9. The van der Waals surface area contributed by atoms with E-state index in [1.807, 2.05) is 45.0 Å². The summed E-state index contributed by atoms with van der Waals surface area (Å²) in [5.74, 6) is 0.824. The fourth-order valence-electron chi connectivity index (χ4n) is 2.54. The molecule has 0 saturated carbocycles. The van der Waals surface area contributed by atoms with Crippen molar-refractivity contribution in [2.24, 2.45) is 0 Å². The van der Waals surface area contributed by atoms with E-state index in [0.29, 0.717) is 6.54 Å². The minimum absolute atomic E-state index is 0.230. The maximum atomic E-state index is 12.2. The largest absolute Gasteiger partial charge is 0.497 e. The molecule has 1 saturated heterocycles. The van der Waals surface area contributed by atoms with Crippen molar-refractivity contribution in [2.45, 2.75) is 45.3 Å². The first kappa shape index (κ1) is 16.5. The average molecular weight is 306 g/mol. The Hall–Kier alpha value is -1.91. The summed E-state index contributed by atoms with van der Waals surface area (Å²) in [7, 11) is 1.66. The second-order valence-corrected chi connectivity index (χ2v) is 6.64. The molecule has 5 nitrogen and oxygen atoms in total. The molecular formula is C17H26N2O3. The van der Waals surface area contributed by atoms with Crippen molar-refractivity contribution < 1.29 is 14.3 Å². The van der Waals surface area contributed by atoms with Gasteiger partial charge in [-0.15, -0.1) is 0 Å². The molecule has 5 heteroatoms. The number of benzene rings is 1. The van der Waals surface area contributed by atoms with Crippen molar-refractivity contribution in [3.05, 3.63) is 24.3 Å². The highest BCUT2D eigenvalue weighted by Gasteiger charge is 2.27. The van der Waals surface area contributed by atoms with Crippen molar-refractivity contribution in [1.29, 1.82) is 0 Å². The smallest absolute Gasteiger partial charge is 0.410 e. The third-order valence-corrected chi connectivity index (χ3v) is 3.51. The SMILES string of the molecule is COc1cccc(N[C@@H]2CCCN(C(=O)OC(C)(C)C)C2)c1. The van der Waals surface area contributed by atoms with Crippen LogP contribution in [0.15, 0.2) is 24.3 Å². The van der Waals surface area contributed by atoms with Crippen LogP contribution in [-0.4, -0.2) is 42.8 Å². The van der Waals surface area contributed by atoms with E-state index in [-0.39, 0.29) is 12.1 Å². The normalized spacial score (nSPS) is 18.7. The summed E-state index contributed by atoms with van der Waals surface area (Å²) in [5.41, 5.74) is 0.556. The molecule has 1 aliphatic heterocycles. The summed E-state index contributed by atoms with van der Waals surface area (Å²) < 4.78 is 10.7. The van der Waals surface area contributed by atoms with Crippen LogP contribution in [0.2, 0.25) is 0 Å². The number of carbonyl (C=O) groups is 1. The fourth-order valence-corrected chi connectivity index (χ4v) is 2.54. The van der Waals surface area contributed by atoms with E-state index >= 15 is 0 Å². The molecule has 1 atom stereocenters. The Morgan fingerprint density at radius 3 is 2.82 bits per heavy atom. The Labute approximate surface area is 132 Å². The number of ether oxygens (including phenoxy) is 2. The minimum atomic E-state index is -0.454. The molecule has 0 unspecified atom stereocenters. The van der Waals surface area contributed by atoms with Crippen LogP contribution < -0.4 is 10.1 Å². The second-order valence-electron chi connectivity index (χ2n) is 6.64. The standard InChI is InChI=1S/C17H26N2O3/c1-17(2,3)22-16(20)19-10-6-8-14(12-19)18-13-7-5-9-15(11-13)21-4/h5,7,9,11,14,18H,6,8,10,12H2,1-4H3/t14-/m1/s1. The highest BCUT2D eigenvalue weighted by molar-refractivity contribution is 5.68. The number of hydrogen-bond acceptors (Lipinski definition) is 4. The highest BCUT2D eigenvalue weighted by Crippen LogP contribution is 2.21. The molecule has 0 aromatic heterocycles. The number of methoxy groups -OCH3 is 1. The van der Waals surface area contributed by atoms with Gasteiger partial charge in [-0.05, 0) is 45.7 Å². The molecule has 0 aliphatic carbocycles. The van der Waals surface area contributed by atoms with E-state index in [0.717, 1.165) is 30.8 Å². The van der Waals surface area contributed by atoms with Gasteiger partial charge in [0.05, 0.1) is 7.11 Å². The van der Waals surface area contributed by atoms with Gasteiger partial charge in [0, 0.05) is 30.9 Å². The lowest BCUT2D eigenvalue weighted by molar-refractivity contribution is 0.0206. The number of amides is 1. The van der Waals surface area contributed by atoms with Crippen molar-refractivity contribution in [3.63, 3.8) is 0 Å². The molecule has 0 spiro atoms. The number of piperidine rings is 1. The van der Waals surface area contributed by atoms with Crippen LogP contribution in [-0.2, 0) is 4.74 Å². The van der Waals surface area contributed by atoms with Crippen LogP contribution in [0.4, 0.5) is 10.5 Å². The molecule has 0 radical (unpaired) electrons. The summed E-state index contributed by atoms with van der Waals surface area (Å²) in [6.07, 6.45) is 1.78. The Kier molecular flexibility index (Phi) is 5.16. The van der Waals surface area contributed by atoms with Crippen LogP contribution in [0.25, 0.3) is 0 Å². The topological polar surface area (TPSA) is 50.8 Å². The molecule has 22 heavy (non-hydrogen) atoms. The van der Waals surface area contributed by atoms with Crippen molar-refractivity contribution in [2.75, 3.05) is 25.5 Å². The van der Waals surface area contributed by atoms with Gasteiger partial charge in [0.15, 0.2) is 0 Å². The van der Waals surface area contributed by atoms with Gasteiger partial charge in [-0.3, -0.25) is 0 Å². The quantitative estimate of drug-likeness (QED) is 0.928. The highest BCUT2D eigenvalue weighted by atomic mass is 16.6. The number of hydrogen-bond donors (Lipinski definition) is 1. The van der Waals surface area contributed by atoms with E-state index in [1.54, 1.807) is 12.0 Å². The number of rotatable bonds is 3. The fraction of sp³-hybridized carbons (Fsp3) is 0.588. The van der Waals surface area contributed by atoms with Crippen LogP contribution in [0.3, 0.4) is 0 Å². The molecular weight excluding hydrogens is 280 g/mol. The summed E-state index contributed by atoms with van der Waals surface area (Å²) >= 11 is 0. The third-order valence-electron chi connectivity index (χ3n) is 3.51. The minimum Gasteiger partial charge on any atom is -0.497 e. The van der Waals surface area contributed by atoms with Gasteiger partial charge in [-0.2, -0.15) is 0 Å². The van der Waals surface area contributed by atoms with E-state index in [4.69, 9.17) is 9.47 Å². The second kappa shape index (κ2) is 6.90. The lowest BCUT2D eigenvalue weighted by atomic mass is 10.1. The zero-order chi connectivity index (χ0) is 16.2. The number of nitrogens with zero attached hydrogens (tertiary/aromatic N) is 1. The summed E-state index contributed by atoms with van der Waals surface area (Å²) in [5, 5.41) is 3.47. The Bertz CT molecular complexity index is 511. The van der Waals surface area contributed by atoms with Gasteiger partial charge >= 0.3 is 6.09 Å². The van der Waals surface area contributed by atoms with Crippen LogP contribution in [0.1, 0.15) is 33.6 Å². The molecule has 1 aromatic rings. The lowest BCUT2D eigenvalue weighted by Gasteiger charge is -2.34. The van der Waals surface area contributed by atoms with Crippen LogP contribution >= 0.6 is 0 Å². The number of anilines is 1. The predicted molar refractivity (Wildman–Crippen MR) is 87.4 cm³/mol. The maximum Gasteiger partial charge on any atom is 0.410 e. The number of carbonyl (C=O) groups excluding carboxylic acids is 1. The third kappa shape index (κ3) is 4.83. The van der Waals surface area contributed by atoms with Crippen LogP contribution in [0.5, 0.6) is 5.75 Å². The van der Waals surface area contributed by atoms with E-state index < -0.39 is 5.60 Å². The first-order valence-corrected chi connectivity index (χ1v) is 7.76. The number of likely N-dealkylation sites (tertiary alicyclic amines) is 1. The molecule has 1 aliphatic rings. The van der Waals surface area contributed by atoms with Crippen LogP contribution in [0, 0.1) is 0 Å². The molecule has 1 fully saturated rings. The molecule has 1 aromatic carbocycles. The van der Waals surface area contributed by atoms with E-state index in [2.05, 4.69) is 5.32 Å². The van der Waals surface area contributed by atoms with E-state index in [9.17, 15) is 4.79 Å². The zero-order valence-corrected chi connectivity index (χ0v) is 13.9.